The Balaban J connectivity index is 1.37. The van der Waals surface area contributed by atoms with E-state index in [1.165, 1.54) is 21.2 Å². The van der Waals surface area contributed by atoms with Gasteiger partial charge in [-0.15, -0.1) is 16.9 Å². The Kier molecular flexibility index (Phi) is 5.15. The van der Waals surface area contributed by atoms with E-state index in [9.17, 15) is 9.18 Å². The Labute approximate surface area is 184 Å². The first-order chi connectivity index (χ1) is 15.6. The van der Waals surface area contributed by atoms with Gasteiger partial charge in [-0.05, 0) is 60.9 Å². The SMILES string of the molecule is CSc1ccc(-c2noc(Cn3nc4nc(Nc5ccc(F)cc5)ccn4c3=O)n2)cc1. The third-order valence-electron chi connectivity index (χ3n) is 4.67. The second kappa shape index (κ2) is 8.27. The summed E-state index contributed by atoms with van der Waals surface area (Å²) in [6.07, 6.45) is 3.57. The van der Waals surface area contributed by atoms with Crippen molar-refractivity contribution in [2.24, 2.45) is 0 Å². The van der Waals surface area contributed by atoms with Crippen LogP contribution in [0, 0.1) is 5.82 Å². The van der Waals surface area contributed by atoms with Gasteiger partial charge in [-0.2, -0.15) is 9.97 Å². The minimum Gasteiger partial charge on any atom is -0.340 e. The molecule has 0 saturated carbocycles. The average Bonchev–Trinajstić information content (AvgIpc) is 3.40. The molecule has 11 heteroatoms. The summed E-state index contributed by atoms with van der Waals surface area (Å²) in [6.45, 7) is 0.0127. The number of fused-ring (bicyclic) bond motifs is 1. The van der Waals surface area contributed by atoms with Crippen molar-refractivity contribution in [2.45, 2.75) is 11.4 Å². The highest BCUT2D eigenvalue weighted by molar-refractivity contribution is 7.98. The highest BCUT2D eigenvalue weighted by Gasteiger charge is 2.14. The van der Waals surface area contributed by atoms with E-state index in [-0.39, 0.29) is 29.7 Å². The van der Waals surface area contributed by atoms with Crippen LogP contribution in [0.2, 0.25) is 0 Å². The third-order valence-corrected chi connectivity index (χ3v) is 5.42. The van der Waals surface area contributed by atoms with E-state index in [4.69, 9.17) is 4.52 Å². The molecule has 0 bridgehead atoms. The van der Waals surface area contributed by atoms with Crippen LogP contribution in [-0.2, 0) is 6.54 Å². The van der Waals surface area contributed by atoms with Crippen molar-refractivity contribution in [3.8, 4) is 11.4 Å². The molecule has 0 aliphatic rings. The lowest BCUT2D eigenvalue weighted by Crippen LogP contribution is -2.21. The van der Waals surface area contributed by atoms with Crippen molar-refractivity contribution < 1.29 is 8.91 Å². The van der Waals surface area contributed by atoms with Crippen molar-refractivity contribution in [1.82, 2.24) is 29.3 Å². The Morgan fingerprint density at radius 2 is 1.84 bits per heavy atom. The summed E-state index contributed by atoms with van der Waals surface area (Å²) in [5.74, 6) is 1.03. The third kappa shape index (κ3) is 3.97. The van der Waals surface area contributed by atoms with Crippen LogP contribution < -0.4 is 11.0 Å². The topological polar surface area (TPSA) is 103 Å². The van der Waals surface area contributed by atoms with Gasteiger partial charge in [0.15, 0.2) is 0 Å². The highest BCUT2D eigenvalue weighted by Crippen LogP contribution is 2.21. The van der Waals surface area contributed by atoms with Crippen molar-refractivity contribution in [3.05, 3.63) is 83.0 Å². The molecule has 5 aromatic rings. The van der Waals surface area contributed by atoms with Gasteiger partial charge >= 0.3 is 5.69 Å². The largest absolute Gasteiger partial charge is 0.352 e. The first-order valence-corrected chi connectivity index (χ1v) is 10.8. The van der Waals surface area contributed by atoms with Crippen LogP contribution in [0.1, 0.15) is 5.89 Å². The molecule has 1 N–H and O–H groups in total. The van der Waals surface area contributed by atoms with Gasteiger partial charge in [-0.3, -0.25) is 0 Å². The molecule has 9 nitrogen and oxygen atoms in total. The Morgan fingerprint density at radius 1 is 1.06 bits per heavy atom. The molecule has 160 valence electrons. The zero-order chi connectivity index (χ0) is 22.1. The summed E-state index contributed by atoms with van der Waals surface area (Å²) in [5, 5.41) is 11.3. The molecule has 0 amide bonds. The number of thioether (sulfide) groups is 1. The van der Waals surface area contributed by atoms with Gasteiger partial charge in [0.1, 0.15) is 18.2 Å². The minimum absolute atomic E-state index is 0.0127. The second-order valence-electron chi connectivity index (χ2n) is 6.80. The summed E-state index contributed by atoms with van der Waals surface area (Å²) in [6, 6.07) is 15.3. The summed E-state index contributed by atoms with van der Waals surface area (Å²) in [5.41, 5.74) is 1.09. The molecule has 0 saturated heterocycles. The van der Waals surface area contributed by atoms with Gasteiger partial charge in [0.05, 0.1) is 0 Å². The van der Waals surface area contributed by atoms with Gasteiger partial charge in [0.25, 0.3) is 5.78 Å². The molecule has 0 aliphatic carbocycles. The molecule has 0 aliphatic heterocycles. The lowest BCUT2D eigenvalue weighted by Gasteiger charge is -2.04. The van der Waals surface area contributed by atoms with E-state index in [0.29, 0.717) is 17.3 Å². The van der Waals surface area contributed by atoms with E-state index >= 15 is 0 Å². The molecule has 3 aromatic heterocycles. The average molecular weight is 449 g/mol. The summed E-state index contributed by atoms with van der Waals surface area (Å²) < 4.78 is 20.9. The van der Waals surface area contributed by atoms with Crippen LogP contribution in [0.5, 0.6) is 0 Å². The molecule has 2 aromatic carbocycles. The van der Waals surface area contributed by atoms with Crippen LogP contribution in [0.4, 0.5) is 15.9 Å². The molecule has 0 atom stereocenters. The van der Waals surface area contributed by atoms with Crippen LogP contribution >= 0.6 is 11.8 Å². The van der Waals surface area contributed by atoms with Crippen molar-refractivity contribution in [1.29, 1.82) is 0 Å². The number of aromatic nitrogens is 6. The summed E-state index contributed by atoms with van der Waals surface area (Å²) in [7, 11) is 0. The fourth-order valence-electron chi connectivity index (χ4n) is 3.06. The van der Waals surface area contributed by atoms with Gasteiger partial charge in [-0.1, -0.05) is 5.16 Å². The Hall–Kier alpha value is -3.99. The van der Waals surface area contributed by atoms with Gasteiger partial charge in [-0.25, -0.2) is 18.3 Å². The summed E-state index contributed by atoms with van der Waals surface area (Å²) in [4.78, 5) is 22.5. The van der Waals surface area contributed by atoms with Crippen LogP contribution in [0.3, 0.4) is 0 Å². The van der Waals surface area contributed by atoms with Crippen LogP contribution in [0.15, 0.2) is 75.0 Å². The molecule has 0 spiro atoms. The van der Waals surface area contributed by atoms with E-state index in [1.54, 1.807) is 36.2 Å². The predicted octanol–water partition coefficient (Wildman–Crippen LogP) is 3.59. The highest BCUT2D eigenvalue weighted by atomic mass is 32.2. The second-order valence-corrected chi connectivity index (χ2v) is 7.67. The first kappa shape index (κ1) is 19.9. The van der Waals surface area contributed by atoms with Crippen LogP contribution in [0.25, 0.3) is 17.2 Å². The number of rotatable bonds is 6. The molecular weight excluding hydrogens is 433 g/mol. The number of anilines is 2. The monoisotopic (exact) mass is 449 g/mol. The van der Waals surface area contributed by atoms with Gasteiger partial charge < -0.3 is 9.84 Å². The lowest BCUT2D eigenvalue weighted by atomic mass is 10.2. The number of benzene rings is 2. The van der Waals surface area contributed by atoms with Crippen LogP contribution in [-0.4, -0.2) is 35.6 Å². The molecule has 32 heavy (non-hydrogen) atoms. The number of nitrogens with one attached hydrogen (secondary N) is 1. The Morgan fingerprint density at radius 3 is 2.59 bits per heavy atom. The molecule has 3 heterocycles. The Bertz CT molecular complexity index is 1440. The van der Waals surface area contributed by atoms with Gasteiger partial charge in [0, 0.05) is 22.3 Å². The van der Waals surface area contributed by atoms with E-state index in [2.05, 4.69) is 25.5 Å². The normalized spacial score (nSPS) is 11.2. The number of hydrogen-bond donors (Lipinski definition) is 1. The molecule has 0 unspecified atom stereocenters. The maximum atomic E-state index is 13.1. The van der Waals surface area contributed by atoms with E-state index in [1.807, 2.05) is 30.5 Å². The maximum absolute atomic E-state index is 13.1. The molecular formula is C21H16FN7O2S. The van der Waals surface area contributed by atoms with Crippen molar-refractivity contribution in [2.75, 3.05) is 11.6 Å². The van der Waals surface area contributed by atoms with E-state index < -0.39 is 0 Å². The standard InChI is InChI=1S/C21H16FN7O2S/c1-32-16-8-2-13(3-9-16)19-25-18(31-27-19)12-29-21(30)28-11-10-17(24-20(28)26-29)23-15-6-4-14(22)5-7-15/h2-11H,12H2,1H3,(H,23,24,26). The maximum Gasteiger partial charge on any atom is 0.352 e. The quantitative estimate of drug-likeness (QED) is 0.392. The first-order valence-electron chi connectivity index (χ1n) is 9.55. The summed E-state index contributed by atoms with van der Waals surface area (Å²) >= 11 is 1.65. The zero-order valence-electron chi connectivity index (χ0n) is 16.8. The van der Waals surface area contributed by atoms with Gasteiger partial charge in [0.2, 0.25) is 11.7 Å². The predicted molar refractivity (Wildman–Crippen MR) is 118 cm³/mol. The smallest absolute Gasteiger partial charge is 0.340 e. The van der Waals surface area contributed by atoms with Crippen molar-refractivity contribution >= 4 is 29.0 Å². The minimum atomic E-state index is -0.384. The molecule has 5 rings (SSSR count). The zero-order valence-corrected chi connectivity index (χ0v) is 17.6. The fourth-order valence-corrected chi connectivity index (χ4v) is 3.47. The lowest BCUT2D eigenvalue weighted by molar-refractivity contribution is 0.364. The molecule has 0 radical (unpaired) electrons. The molecule has 0 fully saturated rings. The number of hydrogen-bond acceptors (Lipinski definition) is 8. The number of halogens is 1. The number of nitrogens with zero attached hydrogens (tertiary/aromatic N) is 6. The van der Waals surface area contributed by atoms with E-state index in [0.717, 1.165) is 10.5 Å². The fraction of sp³-hybridized carbons (Fsp3) is 0.0952. The van der Waals surface area contributed by atoms with Crippen molar-refractivity contribution in [3.63, 3.8) is 0 Å².